The maximum atomic E-state index is 11.6. The number of hydrogen-bond donors (Lipinski definition) is 1. The monoisotopic (exact) mass is 186 g/mol. The van der Waals surface area contributed by atoms with Crippen LogP contribution in [0.25, 0.3) is 0 Å². The van der Waals surface area contributed by atoms with Gasteiger partial charge >= 0.3 is 0 Å². The Bertz CT molecular complexity index is 146. The van der Waals surface area contributed by atoms with Crippen LogP contribution in [0.3, 0.4) is 0 Å². The number of rotatable bonds is 6. The minimum absolute atomic E-state index is 0.255. The van der Waals surface area contributed by atoms with E-state index in [4.69, 9.17) is 0 Å². The minimum Gasteiger partial charge on any atom is -0.343 e. The van der Waals surface area contributed by atoms with Crippen LogP contribution in [-0.4, -0.2) is 37.5 Å². The Balaban J connectivity index is 3.85. The summed E-state index contributed by atoms with van der Waals surface area (Å²) in [5.74, 6) is 0.809. The minimum atomic E-state index is 0.255. The van der Waals surface area contributed by atoms with Crippen molar-refractivity contribution in [1.82, 2.24) is 10.2 Å². The highest BCUT2D eigenvalue weighted by Gasteiger charge is 2.11. The van der Waals surface area contributed by atoms with Crippen molar-refractivity contribution < 1.29 is 4.79 Å². The van der Waals surface area contributed by atoms with Crippen molar-refractivity contribution >= 4 is 5.91 Å². The fourth-order valence-corrected chi connectivity index (χ4v) is 1.24. The van der Waals surface area contributed by atoms with E-state index in [0.717, 1.165) is 19.6 Å². The number of nitrogens with one attached hydrogen (secondary N) is 1. The summed E-state index contributed by atoms with van der Waals surface area (Å²) in [5.41, 5.74) is 0. The molecule has 3 heteroatoms. The highest BCUT2D eigenvalue weighted by Crippen LogP contribution is 2.00. The number of nitrogens with zero attached hydrogens (tertiary/aromatic N) is 1. The quantitative estimate of drug-likeness (QED) is 0.673. The molecule has 0 aliphatic rings. The van der Waals surface area contributed by atoms with Crippen LogP contribution in [0.1, 0.15) is 27.2 Å². The van der Waals surface area contributed by atoms with Gasteiger partial charge in [-0.15, -0.1) is 0 Å². The second kappa shape index (κ2) is 6.89. The zero-order valence-electron chi connectivity index (χ0n) is 9.26. The zero-order valence-corrected chi connectivity index (χ0v) is 9.26. The van der Waals surface area contributed by atoms with E-state index in [2.05, 4.69) is 19.2 Å². The van der Waals surface area contributed by atoms with Gasteiger partial charge in [-0.1, -0.05) is 13.8 Å². The third kappa shape index (κ3) is 5.64. The van der Waals surface area contributed by atoms with Crippen molar-refractivity contribution in [2.45, 2.75) is 27.2 Å². The molecule has 0 saturated carbocycles. The van der Waals surface area contributed by atoms with Crippen molar-refractivity contribution in [2.24, 2.45) is 5.92 Å². The molecule has 13 heavy (non-hydrogen) atoms. The molecule has 1 amide bonds. The SMILES string of the molecule is CCN(CC(C)C)C(=O)CCNC. The van der Waals surface area contributed by atoms with E-state index >= 15 is 0 Å². The van der Waals surface area contributed by atoms with Crippen molar-refractivity contribution in [3.8, 4) is 0 Å². The summed E-state index contributed by atoms with van der Waals surface area (Å²) in [7, 11) is 1.87. The molecular formula is C10H22N2O. The molecule has 0 aromatic carbocycles. The van der Waals surface area contributed by atoms with Crippen LogP contribution >= 0.6 is 0 Å². The Morgan fingerprint density at radius 1 is 1.46 bits per heavy atom. The summed E-state index contributed by atoms with van der Waals surface area (Å²) in [6, 6.07) is 0. The van der Waals surface area contributed by atoms with E-state index in [1.165, 1.54) is 0 Å². The molecule has 78 valence electrons. The van der Waals surface area contributed by atoms with Crippen LogP contribution in [0.15, 0.2) is 0 Å². The fraction of sp³-hybridized carbons (Fsp3) is 0.900. The van der Waals surface area contributed by atoms with Gasteiger partial charge in [0.05, 0.1) is 0 Å². The van der Waals surface area contributed by atoms with Gasteiger partial charge in [-0.3, -0.25) is 4.79 Å². The van der Waals surface area contributed by atoms with Gasteiger partial charge in [0.2, 0.25) is 5.91 Å². The van der Waals surface area contributed by atoms with Crippen LogP contribution in [0.4, 0.5) is 0 Å². The largest absolute Gasteiger partial charge is 0.343 e. The van der Waals surface area contributed by atoms with E-state index in [1.54, 1.807) is 0 Å². The topological polar surface area (TPSA) is 32.3 Å². The molecular weight excluding hydrogens is 164 g/mol. The average molecular weight is 186 g/mol. The van der Waals surface area contributed by atoms with Crippen LogP contribution in [0.5, 0.6) is 0 Å². The third-order valence-corrected chi connectivity index (χ3v) is 1.91. The van der Waals surface area contributed by atoms with E-state index < -0.39 is 0 Å². The Hall–Kier alpha value is -0.570. The van der Waals surface area contributed by atoms with Gasteiger partial charge in [0.15, 0.2) is 0 Å². The first-order valence-corrected chi connectivity index (χ1v) is 5.04. The first-order chi connectivity index (χ1) is 6.11. The smallest absolute Gasteiger partial charge is 0.223 e. The zero-order chi connectivity index (χ0) is 10.3. The van der Waals surface area contributed by atoms with Crippen LogP contribution in [0, 0.1) is 5.92 Å². The summed E-state index contributed by atoms with van der Waals surface area (Å²) in [6.45, 7) is 8.76. The number of carbonyl (C=O) groups is 1. The molecule has 0 fully saturated rings. The van der Waals surface area contributed by atoms with Gasteiger partial charge in [0, 0.05) is 26.1 Å². The Kier molecular flexibility index (Phi) is 6.59. The lowest BCUT2D eigenvalue weighted by atomic mass is 10.2. The van der Waals surface area contributed by atoms with Crippen molar-refractivity contribution in [3.63, 3.8) is 0 Å². The van der Waals surface area contributed by atoms with Gasteiger partial charge in [-0.2, -0.15) is 0 Å². The van der Waals surface area contributed by atoms with E-state index in [1.807, 2.05) is 18.9 Å². The summed E-state index contributed by atoms with van der Waals surface area (Å²) in [6.07, 6.45) is 0.608. The maximum Gasteiger partial charge on any atom is 0.223 e. The molecule has 0 atom stereocenters. The van der Waals surface area contributed by atoms with E-state index in [-0.39, 0.29) is 5.91 Å². The van der Waals surface area contributed by atoms with Gasteiger partial charge in [0.25, 0.3) is 0 Å². The van der Waals surface area contributed by atoms with Crippen molar-refractivity contribution in [1.29, 1.82) is 0 Å². The Morgan fingerprint density at radius 2 is 2.08 bits per heavy atom. The molecule has 0 spiro atoms. The van der Waals surface area contributed by atoms with Crippen molar-refractivity contribution in [3.05, 3.63) is 0 Å². The molecule has 0 aliphatic heterocycles. The lowest BCUT2D eigenvalue weighted by Crippen LogP contribution is -2.35. The molecule has 0 rings (SSSR count). The molecule has 0 unspecified atom stereocenters. The predicted octanol–water partition coefficient (Wildman–Crippen LogP) is 1.10. The van der Waals surface area contributed by atoms with Gasteiger partial charge in [0.1, 0.15) is 0 Å². The first kappa shape index (κ1) is 12.4. The summed E-state index contributed by atoms with van der Waals surface area (Å²) >= 11 is 0. The molecule has 0 aliphatic carbocycles. The predicted molar refractivity (Wildman–Crippen MR) is 55.6 cm³/mol. The van der Waals surface area contributed by atoms with Gasteiger partial charge in [-0.05, 0) is 19.9 Å². The second-order valence-corrected chi connectivity index (χ2v) is 3.68. The summed E-state index contributed by atoms with van der Waals surface area (Å²) in [4.78, 5) is 13.5. The van der Waals surface area contributed by atoms with Crippen LogP contribution < -0.4 is 5.32 Å². The number of carbonyl (C=O) groups excluding carboxylic acids is 1. The summed E-state index contributed by atoms with van der Waals surface area (Å²) in [5, 5.41) is 2.98. The molecule has 0 aromatic rings. The van der Waals surface area contributed by atoms with Crippen LogP contribution in [0.2, 0.25) is 0 Å². The first-order valence-electron chi connectivity index (χ1n) is 5.04. The number of amides is 1. The maximum absolute atomic E-state index is 11.6. The molecule has 0 radical (unpaired) electrons. The highest BCUT2D eigenvalue weighted by molar-refractivity contribution is 5.76. The van der Waals surface area contributed by atoms with Gasteiger partial charge < -0.3 is 10.2 Å². The third-order valence-electron chi connectivity index (χ3n) is 1.91. The molecule has 0 aromatic heterocycles. The molecule has 0 saturated heterocycles. The Morgan fingerprint density at radius 3 is 2.46 bits per heavy atom. The highest BCUT2D eigenvalue weighted by atomic mass is 16.2. The average Bonchev–Trinajstić information content (AvgIpc) is 2.09. The van der Waals surface area contributed by atoms with E-state index in [0.29, 0.717) is 12.3 Å². The summed E-state index contributed by atoms with van der Waals surface area (Å²) < 4.78 is 0. The normalized spacial score (nSPS) is 10.5. The molecule has 0 heterocycles. The fourth-order valence-electron chi connectivity index (χ4n) is 1.24. The lowest BCUT2D eigenvalue weighted by molar-refractivity contribution is -0.131. The standard InChI is InChI=1S/C10H22N2O/c1-5-12(8-9(2)3)10(13)6-7-11-4/h9,11H,5-8H2,1-4H3. The molecule has 3 nitrogen and oxygen atoms in total. The van der Waals surface area contributed by atoms with E-state index in [9.17, 15) is 4.79 Å². The van der Waals surface area contributed by atoms with Gasteiger partial charge in [-0.25, -0.2) is 0 Å². The van der Waals surface area contributed by atoms with Crippen molar-refractivity contribution in [2.75, 3.05) is 26.7 Å². The molecule has 1 N–H and O–H groups in total. The lowest BCUT2D eigenvalue weighted by Gasteiger charge is -2.22. The Labute approximate surface area is 81.5 Å². The molecule has 0 bridgehead atoms. The number of hydrogen-bond acceptors (Lipinski definition) is 2. The second-order valence-electron chi connectivity index (χ2n) is 3.68. The van der Waals surface area contributed by atoms with Crippen LogP contribution in [-0.2, 0) is 4.79 Å².